The summed E-state index contributed by atoms with van der Waals surface area (Å²) < 4.78 is 0. The number of aromatic amines is 1. The highest BCUT2D eigenvalue weighted by atomic mass is 32.2. The molecule has 0 saturated carbocycles. The lowest BCUT2D eigenvalue weighted by molar-refractivity contribution is 1.11. The van der Waals surface area contributed by atoms with Crippen LogP contribution in [0.3, 0.4) is 0 Å². The van der Waals surface area contributed by atoms with Crippen LogP contribution < -0.4 is 5.56 Å². The molecule has 0 saturated heterocycles. The summed E-state index contributed by atoms with van der Waals surface area (Å²) in [4.78, 5) is 16.6. The van der Waals surface area contributed by atoms with Crippen LogP contribution in [0.2, 0.25) is 0 Å². The molecule has 0 fully saturated rings. The van der Waals surface area contributed by atoms with E-state index in [0.717, 1.165) is 26.9 Å². The van der Waals surface area contributed by atoms with Gasteiger partial charge < -0.3 is 4.98 Å². The molecule has 1 heterocycles. The van der Waals surface area contributed by atoms with Crippen LogP contribution in [-0.2, 0) is 0 Å². The van der Waals surface area contributed by atoms with E-state index >= 15 is 0 Å². The number of nitrogens with one attached hydrogen (secondary N) is 1. The fourth-order valence-corrected chi connectivity index (χ4v) is 3.54. The van der Waals surface area contributed by atoms with E-state index in [1.54, 1.807) is 11.8 Å². The fourth-order valence-electron chi connectivity index (χ4n) is 2.44. The molecule has 106 valence electrons. The van der Waals surface area contributed by atoms with Gasteiger partial charge in [-0.25, -0.2) is 0 Å². The standard InChI is InChI=1S/C18H17NOS/c1-12(2)21-17-14-10-6-7-11-15(14)19-18(20)16(17)13-8-4-3-5-9-13/h3-12H,1-2H3,(H,19,20). The summed E-state index contributed by atoms with van der Waals surface area (Å²) in [6.07, 6.45) is 0. The van der Waals surface area contributed by atoms with E-state index in [-0.39, 0.29) is 5.56 Å². The van der Waals surface area contributed by atoms with Crippen LogP contribution in [0.25, 0.3) is 22.0 Å². The minimum Gasteiger partial charge on any atom is -0.321 e. The Balaban J connectivity index is 2.37. The summed E-state index contributed by atoms with van der Waals surface area (Å²) in [6.45, 7) is 4.30. The normalized spacial score (nSPS) is 11.2. The third-order valence-electron chi connectivity index (χ3n) is 3.29. The third-order valence-corrected chi connectivity index (χ3v) is 4.42. The van der Waals surface area contributed by atoms with Gasteiger partial charge in [-0.05, 0) is 11.6 Å². The number of benzene rings is 2. The molecule has 0 bridgehead atoms. The maximum atomic E-state index is 12.6. The number of rotatable bonds is 3. The molecule has 1 N–H and O–H groups in total. The van der Waals surface area contributed by atoms with E-state index in [9.17, 15) is 4.79 Å². The Morgan fingerprint density at radius 1 is 0.952 bits per heavy atom. The summed E-state index contributed by atoms with van der Waals surface area (Å²) in [5, 5.41) is 1.52. The zero-order chi connectivity index (χ0) is 14.8. The number of hydrogen-bond donors (Lipinski definition) is 1. The van der Waals surface area contributed by atoms with Crippen molar-refractivity contribution in [3.8, 4) is 11.1 Å². The molecule has 0 aliphatic rings. The third kappa shape index (κ3) is 2.74. The first-order valence-electron chi connectivity index (χ1n) is 7.04. The monoisotopic (exact) mass is 295 g/mol. The van der Waals surface area contributed by atoms with Gasteiger partial charge in [0, 0.05) is 21.0 Å². The van der Waals surface area contributed by atoms with Crippen LogP contribution in [-0.4, -0.2) is 10.2 Å². The molecule has 0 atom stereocenters. The Morgan fingerprint density at radius 2 is 1.62 bits per heavy atom. The molecule has 0 spiro atoms. The molecule has 1 aromatic heterocycles. The molecule has 3 rings (SSSR count). The second-order valence-corrected chi connectivity index (χ2v) is 6.82. The second-order valence-electron chi connectivity index (χ2n) is 5.24. The van der Waals surface area contributed by atoms with Crippen molar-refractivity contribution in [1.82, 2.24) is 4.98 Å². The molecule has 2 aromatic carbocycles. The molecular weight excluding hydrogens is 278 g/mol. The topological polar surface area (TPSA) is 32.9 Å². The summed E-state index contributed by atoms with van der Waals surface area (Å²) in [7, 11) is 0. The number of pyridine rings is 1. The SMILES string of the molecule is CC(C)Sc1c(-c2ccccc2)c(=O)[nH]c2ccccc12. The van der Waals surface area contributed by atoms with Gasteiger partial charge in [0.2, 0.25) is 0 Å². The Labute approximate surface area is 128 Å². The van der Waals surface area contributed by atoms with Crippen molar-refractivity contribution in [2.75, 3.05) is 0 Å². The molecular formula is C18H17NOS. The quantitative estimate of drug-likeness (QED) is 0.711. The number of hydrogen-bond acceptors (Lipinski definition) is 2. The minimum absolute atomic E-state index is 0.0250. The van der Waals surface area contributed by atoms with Gasteiger partial charge in [-0.3, -0.25) is 4.79 Å². The van der Waals surface area contributed by atoms with Crippen LogP contribution in [0.15, 0.2) is 64.3 Å². The van der Waals surface area contributed by atoms with Crippen molar-refractivity contribution in [1.29, 1.82) is 0 Å². The highest BCUT2D eigenvalue weighted by Gasteiger charge is 2.15. The Bertz CT molecular complexity index is 821. The molecule has 3 heteroatoms. The van der Waals surface area contributed by atoms with Crippen molar-refractivity contribution in [3.63, 3.8) is 0 Å². The van der Waals surface area contributed by atoms with Crippen molar-refractivity contribution in [2.45, 2.75) is 24.0 Å². The lowest BCUT2D eigenvalue weighted by Crippen LogP contribution is -2.11. The zero-order valence-electron chi connectivity index (χ0n) is 12.1. The maximum Gasteiger partial charge on any atom is 0.257 e. The average molecular weight is 295 g/mol. The summed E-state index contributed by atoms with van der Waals surface area (Å²) >= 11 is 1.74. The smallest absolute Gasteiger partial charge is 0.257 e. The van der Waals surface area contributed by atoms with Gasteiger partial charge in [0.1, 0.15) is 0 Å². The molecule has 21 heavy (non-hydrogen) atoms. The van der Waals surface area contributed by atoms with E-state index in [2.05, 4.69) is 24.9 Å². The Morgan fingerprint density at radius 3 is 2.33 bits per heavy atom. The molecule has 0 aliphatic carbocycles. The van der Waals surface area contributed by atoms with E-state index in [4.69, 9.17) is 0 Å². The van der Waals surface area contributed by atoms with Gasteiger partial charge in [-0.2, -0.15) is 0 Å². The Hall–Kier alpha value is -2.00. The summed E-state index contributed by atoms with van der Waals surface area (Å²) in [5.74, 6) is 0. The van der Waals surface area contributed by atoms with Crippen LogP contribution in [0.5, 0.6) is 0 Å². The molecule has 0 aliphatic heterocycles. The van der Waals surface area contributed by atoms with Gasteiger partial charge in [0.25, 0.3) is 5.56 Å². The number of aromatic nitrogens is 1. The summed E-state index contributed by atoms with van der Waals surface area (Å²) in [5.41, 5.74) is 2.61. The number of fused-ring (bicyclic) bond motifs is 1. The molecule has 0 unspecified atom stereocenters. The van der Waals surface area contributed by atoms with Crippen LogP contribution >= 0.6 is 11.8 Å². The van der Waals surface area contributed by atoms with Crippen LogP contribution in [0.4, 0.5) is 0 Å². The number of para-hydroxylation sites is 1. The largest absolute Gasteiger partial charge is 0.321 e. The molecule has 2 nitrogen and oxygen atoms in total. The van der Waals surface area contributed by atoms with Crippen molar-refractivity contribution < 1.29 is 0 Å². The average Bonchev–Trinajstić information content (AvgIpc) is 2.47. The van der Waals surface area contributed by atoms with Crippen molar-refractivity contribution in [2.24, 2.45) is 0 Å². The number of H-pyrrole nitrogens is 1. The van der Waals surface area contributed by atoms with E-state index < -0.39 is 0 Å². The predicted octanol–water partition coefficient (Wildman–Crippen LogP) is 4.70. The van der Waals surface area contributed by atoms with Crippen molar-refractivity contribution >= 4 is 22.7 Å². The van der Waals surface area contributed by atoms with E-state index in [1.807, 2.05) is 48.5 Å². The number of thioether (sulfide) groups is 1. The first-order chi connectivity index (χ1) is 10.2. The van der Waals surface area contributed by atoms with Crippen molar-refractivity contribution in [3.05, 3.63) is 65.0 Å². The van der Waals surface area contributed by atoms with Crippen LogP contribution in [0, 0.1) is 0 Å². The van der Waals surface area contributed by atoms with Crippen LogP contribution in [0.1, 0.15) is 13.8 Å². The second kappa shape index (κ2) is 5.78. The zero-order valence-corrected chi connectivity index (χ0v) is 12.9. The maximum absolute atomic E-state index is 12.6. The lowest BCUT2D eigenvalue weighted by atomic mass is 10.0. The van der Waals surface area contributed by atoms with Gasteiger partial charge in [0.05, 0.1) is 5.56 Å². The first-order valence-corrected chi connectivity index (χ1v) is 7.92. The highest BCUT2D eigenvalue weighted by Crippen LogP contribution is 2.36. The summed E-state index contributed by atoms with van der Waals surface area (Å²) in [6, 6.07) is 17.9. The fraction of sp³-hybridized carbons (Fsp3) is 0.167. The predicted molar refractivity (Wildman–Crippen MR) is 91.0 cm³/mol. The van der Waals surface area contributed by atoms with E-state index in [0.29, 0.717) is 5.25 Å². The minimum atomic E-state index is -0.0250. The van der Waals surface area contributed by atoms with E-state index in [1.165, 1.54) is 0 Å². The highest BCUT2D eigenvalue weighted by molar-refractivity contribution is 8.00. The molecule has 0 amide bonds. The molecule has 3 aromatic rings. The van der Waals surface area contributed by atoms with Gasteiger partial charge in [0.15, 0.2) is 0 Å². The van der Waals surface area contributed by atoms with Gasteiger partial charge in [-0.1, -0.05) is 62.4 Å². The Kier molecular flexibility index (Phi) is 3.84. The molecule has 0 radical (unpaired) electrons. The van der Waals surface area contributed by atoms with Gasteiger partial charge in [-0.15, -0.1) is 11.8 Å². The van der Waals surface area contributed by atoms with Gasteiger partial charge >= 0.3 is 0 Å². The first kappa shape index (κ1) is 14.0. The lowest BCUT2D eigenvalue weighted by Gasteiger charge is -2.14.